The lowest BCUT2D eigenvalue weighted by molar-refractivity contribution is 0.535. The molecule has 0 atom stereocenters. The number of para-hydroxylation sites is 1. The molecular formula is C20H18OSi. The Morgan fingerprint density at radius 3 is 1.82 bits per heavy atom. The smallest absolute Gasteiger partial charge is 0.315 e. The van der Waals surface area contributed by atoms with E-state index in [0.717, 1.165) is 18.2 Å². The van der Waals surface area contributed by atoms with E-state index in [9.17, 15) is 0 Å². The molecule has 4 rings (SSSR count). The predicted octanol–water partition coefficient (Wildman–Crippen LogP) is 3.38. The first-order chi connectivity index (χ1) is 10.9. The Kier molecular flexibility index (Phi) is 3.32. The molecule has 22 heavy (non-hydrogen) atoms. The van der Waals surface area contributed by atoms with Gasteiger partial charge in [0.2, 0.25) is 0 Å². The van der Waals surface area contributed by atoms with Crippen molar-refractivity contribution in [3.8, 4) is 5.75 Å². The summed E-state index contributed by atoms with van der Waals surface area (Å²) in [6.07, 6.45) is 1.09. The molecule has 0 saturated carbocycles. The van der Waals surface area contributed by atoms with Crippen molar-refractivity contribution in [2.24, 2.45) is 0 Å². The Morgan fingerprint density at radius 2 is 1.18 bits per heavy atom. The van der Waals surface area contributed by atoms with Crippen molar-refractivity contribution in [1.29, 1.82) is 0 Å². The summed E-state index contributed by atoms with van der Waals surface area (Å²) in [4.78, 5) is 0. The molecule has 0 aliphatic carbocycles. The van der Waals surface area contributed by atoms with Gasteiger partial charge < -0.3 is 4.43 Å². The highest BCUT2D eigenvalue weighted by molar-refractivity contribution is 6.98. The molecule has 108 valence electrons. The van der Waals surface area contributed by atoms with Crippen LogP contribution in [0.2, 0.25) is 6.04 Å². The summed E-state index contributed by atoms with van der Waals surface area (Å²) in [7, 11) is -2.19. The molecule has 1 aliphatic heterocycles. The maximum atomic E-state index is 6.73. The van der Waals surface area contributed by atoms with Crippen LogP contribution in [0, 0.1) is 0 Å². The van der Waals surface area contributed by atoms with Crippen molar-refractivity contribution in [2.75, 3.05) is 0 Å². The summed E-state index contributed by atoms with van der Waals surface area (Å²) >= 11 is 0. The molecule has 0 bridgehead atoms. The second kappa shape index (κ2) is 5.47. The fourth-order valence-corrected chi connectivity index (χ4v) is 7.25. The van der Waals surface area contributed by atoms with Crippen LogP contribution in [0.4, 0.5) is 0 Å². The lowest BCUT2D eigenvalue weighted by Crippen LogP contribution is -2.64. The van der Waals surface area contributed by atoms with E-state index in [1.165, 1.54) is 15.9 Å². The topological polar surface area (TPSA) is 9.23 Å². The van der Waals surface area contributed by atoms with Crippen molar-refractivity contribution in [3.63, 3.8) is 0 Å². The van der Waals surface area contributed by atoms with Gasteiger partial charge in [0.25, 0.3) is 0 Å². The van der Waals surface area contributed by atoms with Crippen LogP contribution in [0.25, 0.3) is 0 Å². The summed E-state index contributed by atoms with van der Waals surface area (Å²) in [5.41, 5.74) is 1.33. The average molecular weight is 302 g/mol. The monoisotopic (exact) mass is 302 g/mol. The first-order valence-corrected chi connectivity index (χ1v) is 9.88. The summed E-state index contributed by atoms with van der Waals surface area (Å²) < 4.78 is 6.73. The summed E-state index contributed by atoms with van der Waals surface area (Å²) in [6.45, 7) is 0. The molecule has 0 unspecified atom stereocenters. The highest BCUT2D eigenvalue weighted by Crippen LogP contribution is 2.31. The zero-order valence-electron chi connectivity index (χ0n) is 12.4. The number of rotatable bonds is 2. The lowest BCUT2D eigenvalue weighted by Gasteiger charge is -2.37. The fourth-order valence-electron chi connectivity index (χ4n) is 3.35. The van der Waals surface area contributed by atoms with Gasteiger partial charge in [0, 0.05) is 0 Å². The van der Waals surface area contributed by atoms with Gasteiger partial charge in [0.15, 0.2) is 0 Å². The summed E-state index contributed by atoms with van der Waals surface area (Å²) in [6, 6.07) is 31.1. The van der Waals surface area contributed by atoms with Crippen LogP contribution >= 0.6 is 0 Å². The minimum Gasteiger partial charge on any atom is -0.534 e. The molecule has 0 radical (unpaired) electrons. The van der Waals surface area contributed by atoms with Crippen LogP contribution in [-0.4, -0.2) is 8.32 Å². The molecule has 0 aromatic heterocycles. The second-order valence-corrected chi connectivity index (χ2v) is 9.28. The van der Waals surface area contributed by atoms with Crippen molar-refractivity contribution in [3.05, 3.63) is 90.5 Å². The second-order valence-electron chi connectivity index (χ2n) is 5.77. The molecular weight excluding hydrogens is 284 g/mol. The highest BCUT2D eigenvalue weighted by Gasteiger charge is 2.43. The molecule has 0 N–H and O–H groups in total. The number of fused-ring (bicyclic) bond motifs is 1. The number of hydrogen-bond donors (Lipinski definition) is 0. The zero-order chi connectivity index (χ0) is 14.8. The van der Waals surface area contributed by atoms with Gasteiger partial charge in [-0.1, -0.05) is 78.9 Å². The van der Waals surface area contributed by atoms with Gasteiger partial charge in [-0.2, -0.15) is 0 Å². The molecule has 3 aromatic rings. The highest BCUT2D eigenvalue weighted by atomic mass is 28.4. The van der Waals surface area contributed by atoms with Crippen LogP contribution in [-0.2, 0) is 6.42 Å². The zero-order valence-corrected chi connectivity index (χ0v) is 13.4. The minimum atomic E-state index is -2.19. The molecule has 0 saturated heterocycles. The van der Waals surface area contributed by atoms with E-state index in [1.807, 2.05) is 0 Å². The minimum absolute atomic E-state index is 1.06. The number of benzene rings is 3. The van der Waals surface area contributed by atoms with E-state index in [4.69, 9.17) is 4.43 Å². The van der Waals surface area contributed by atoms with Gasteiger partial charge in [0.1, 0.15) is 5.75 Å². The quantitative estimate of drug-likeness (QED) is 0.659. The van der Waals surface area contributed by atoms with Gasteiger partial charge in [-0.3, -0.25) is 0 Å². The summed E-state index contributed by atoms with van der Waals surface area (Å²) in [5, 5.41) is 2.71. The van der Waals surface area contributed by atoms with Crippen molar-refractivity contribution >= 4 is 18.7 Å². The number of aryl methyl sites for hydroxylation is 1. The molecule has 0 spiro atoms. The summed E-state index contributed by atoms with van der Waals surface area (Å²) in [5.74, 6) is 1.06. The third kappa shape index (κ3) is 2.16. The van der Waals surface area contributed by atoms with Crippen LogP contribution in [0.5, 0.6) is 5.75 Å². The maximum absolute atomic E-state index is 6.73. The first-order valence-electron chi connectivity index (χ1n) is 7.76. The van der Waals surface area contributed by atoms with Crippen molar-refractivity contribution in [1.82, 2.24) is 0 Å². The van der Waals surface area contributed by atoms with Crippen LogP contribution in [0.3, 0.4) is 0 Å². The van der Waals surface area contributed by atoms with E-state index in [-0.39, 0.29) is 0 Å². The molecule has 0 amide bonds. The normalized spacial score (nSPS) is 15.6. The van der Waals surface area contributed by atoms with Crippen molar-refractivity contribution in [2.45, 2.75) is 12.5 Å². The molecule has 1 nitrogen and oxygen atoms in total. The van der Waals surface area contributed by atoms with E-state index in [2.05, 4.69) is 84.9 Å². The molecule has 3 aromatic carbocycles. The van der Waals surface area contributed by atoms with E-state index >= 15 is 0 Å². The lowest BCUT2D eigenvalue weighted by atomic mass is 10.1. The van der Waals surface area contributed by atoms with E-state index in [0.29, 0.717) is 0 Å². The van der Waals surface area contributed by atoms with Gasteiger partial charge in [0.05, 0.1) is 0 Å². The van der Waals surface area contributed by atoms with Gasteiger partial charge in [-0.25, -0.2) is 0 Å². The van der Waals surface area contributed by atoms with Crippen molar-refractivity contribution < 1.29 is 4.43 Å². The molecule has 2 heteroatoms. The van der Waals surface area contributed by atoms with E-state index in [1.54, 1.807) is 0 Å². The van der Waals surface area contributed by atoms with Crippen LogP contribution in [0.1, 0.15) is 5.56 Å². The van der Waals surface area contributed by atoms with Gasteiger partial charge in [-0.15, -0.1) is 0 Å². The Hall–Kier alpha value is -2.32. The van der Waals surface area contributed by atoms with Crippen LogP contribution in [0.15, 0.2) is 84.9 Å². The molecule has 1 heterocycles. The first kappa shape index (κ1) is 13.3. The average Bonchev–Trinajstić information content (AvgIpc) is 2.63. The Morgan fingerprint density at radius 1 is 0.636 bits per heavy atom. The largest absolute Gasteiger partial charge is 0.534 e. The maximum Gasteiger partial charge on any atom is 0.315 e. The van der Waals surface area contributed by atoms with Gasteiger partial charge >= 0.3 is 8.32 Å². The predicted molar refractivity (Wildman–Crippen MR) is 93.5 cm³/mol. The Bertz CT molecular complexity index is 728. The van der Waals surface area contributed by atoms with E-state index < -0.39 is 8.32 Å². The molecule has 0 fully saturated rings. The standard InChI is InChI=1S/C20H18OSi/c1-3-10-18(11-4-1)22(19-12-5-2-6-13-19)16-15-17-9-7-8-14-20(17)21-22/h1-14H,15-16H2. The molecule has 1 aliphatic rings. The van der Waals surface area contributed by atoms with Gasteiger partial charge in [-0.05, 0) is 34.5 Å². The Labute approximate surface area is 132 Å². The van der Waals surface area contributed by atoms with Crippen LogP contribution < -0.4 is 14.8 Å². The third-order valence-electron chi connectivity index (χ3n) is 4.48. The SMILES string of the molecule is c1ccc([Si]2(c3ccccc3)CCc3ccccc3O2)cc1. The number of hydrogen-bond acceptors (Lipinski definition) is 1. The Balaban J connectivity index is 1.89. The third-order valence-corrected chi connectivity index (χ3v) is 8.54. The fraction of sp³-hybridized carbons (Fsp3) is 0.100.